The van der Waals surface area contributed by atoms with E-state index in [0.29, 0.717) is 11.5 Å². The van der Waals surface area contributed by atoms with Crippen molar-refractivity contribution in [1.82, 2.24) is 19.9 Å². The van der Waals surface area contributed by atoms with Crippen LogP contribution in [0.2, 0.25) is 0 Å². The first-order valence-corrected chi connectivity index (χ1v) is 8.07. The van der Waals surface area contributed by atoms with Gasteiger partial charge in [0.15, 0.2) is 11.5 Å². The van der Waals surface area contributed by atoms with Gasteiger partial charge in [0, 0.05) is 18.7 Å². The number of nitrogens with two attached hydrogens (primary N) is 1. The second kappa shape index (κ2) is 7.58. The van der Waals surface area contributed by atoms with Crippen LogP contribution in [0.3, 0.4) is 0 Å². The molecule has 0 aliphatic rings. The smallest absolute Gasteiger partial charge is 0.183 e. The Hall–Kier alpha value is -2.63. The van der Waals surface area contributed by atoms with Crippen molar-refractivity contribution in [2.24, 2.45) is 0 Å². The Balaban J connectivity index is 1.34. The highest BCUT2D eigenvalue weighted by atomic mass is 15.0. The summed E-state index contributed by atoms with van der Waals surface area (Å²) in [5.74, 6) is 1.26. The van der Waals surface area contributed by atoms with Crippen LogP contribution >= 0.6 is 0 Å². The lowest BCUT2D eigenvalue weighted by Crippen LogP contribution is -2.02. The summed E-state index contributed by atoms with van der Waals surface area (Å²) < 4.78 is 0. The van der Waals surface area contributed by atoms with Gasteiger partial charge in [0.2, 0.25) is 0 Å². The number of para-hydroxylation sites is 1. The van der Waals surface area contributed by atoms with Crippen LogP contribution in [-0.2, 0) is 6.42 Å². The van der Waals surface area contributed by atoms with Crippen molar-refractivity contribution < 1.29 is 0 Å². The number of aromatic nitrogens is 4. The molecule has 2 heterocycles. The lowest BCUT2D eigenvalue weighted by atomic mass is 10.1. The Labute approximate surface area is 135 Å². The number of aromatic amines is 1. The van der Waals surface area contributed by atoms with Crippen LogP contribution in [0, 0.1) is 0 Å². The molecule has 6 heteroatoms. The number of nitrogens with zero attached hydrogens (tertiary/aromatic N) is 3. The van der Waals surface area contributed by atoms with Gasteiger partial charge in [-0.25, -0.2) is 15.0 Å². The minimum atomic E-state index is 0.481. The quantitative estimate of drug-likeness (QED) is 0.556. The average Bonchev–Trinajstić information content (AvgIpc) is 3.04. The number of hydrogen-bond donors (Lipinski definition) is 3. The molecule has 0 bridgehead atoms. The highest BCUT2D eigenvalue weighted by Crippen LogP contribution is 2.14. The van der Waals surface area contributed by atoms with Crippen molar-refractivity contribution in [3.05, 3.63) is 42.5 Å². The molecule has 0 unspecified atom stereocenters. The summed E-state index contributed by atoms with van der Waals surface area (Å²) >= 11 is 0. The predicted octanol–water partition coefficient (Wildman–Crippen LogP) is 3.15. The summed E-state index contributed by atoms with van der Waals surface area (Å²) in [5, 5.41) is 3.42. The number of hydrogen-bond acceptors (Lipinski definition) is 5. The van der Waals surface area contributed by atoms with Crippen molar-refractivity contribution in [2.45, 2.75) is 32.1 Å². The number of nitrogen functional groups attached to an aromatic ring is 1. The van der Waals surface area contributed by atoms with E-state index in [1.165, 1.54) is 18.5 Å². The number of aryl methyl sites for hydroxylation is 1. The van der Waals surface area contributed by atoms with Gasteiger partial charge in [0.05, 0.1) is 6.33 Å². The van der Waals surface area contributed by atoms with Gasteiger partial charge in [0.25, 0.3) is 0 Å². The number of anilines is 2. The van der Waals surface area contributed by atoms with Gasteiger partial charge < -0.3 is 16.0 Å². The number of nitrogens with one attached hydrogen (secondary N) is 2. The van der Waals surface area contributed by atoms with Gasteiger partial charge in [-0.05, 0) is 25.0 Å². The van der Waals surface area contributed by atoms with E-state index in [4.69, 9.17) is 5.73 Å². The molecule has 0 saturated carbocycles. The third-order valence-corrected chi connectivity index (χ3v) is 3.79. The largest absolute Gasteiger partial charge is 0.385 e. The van der Waals surface area contributed by atoms with Crippen molar-refractivity contribution in [3.8, 4) is 0 Å². The van der Waals surface area contributed by atoms with Crippen LogP contribution in [0.4, 0.5) is 11.5 Å². The molecular formula is C17H22N6. The first-order chi connectivity index (χ1) is 11.3. The van der Waals surface area contributed by atoms with Crippen molar-refractivity contribution in [2.75, 3.05) is 17.6 Å². The highest BCUT2D eigenvalue weighted by Gasteiger charge is 2.06. The Morgan fingerprint density at radius 3 is 2.70 bits per heavy atom. The molecule has 4 N–H and O–H groups in total. The maximum Gasteiger partial charge on any atom is 0.183 e. The molecule has 3 rings (SSSR count). The number of rotatable bonds is 8. The first-order valence-electron chi connectivity index (χ1n) is 8.07. The normalized spacial score (nSPS) is 11.0. The standard InChI is InChI=1S/C17H22N6/c18-16-15-17(21-12-20-15)23-14(22-16)10-6-1-2-7-11-19-13-8-4-3-5-9-13/h3-5,8-9,12,19H,1-2,6-7,10-11H2,(H3,18,20,21,22,23). The van der Waals surface area contributed by atoms with Crippen molar-refractivity contribution >= 4 is 22.7 Å². The topological polar surface area (TPSA) is 92.5 Å². The van der Waals surface area contributed by atoms with Gasteiger partial charge in [-0.2, -0.15) is 0 Å². The highest BCUT2D eigenvalue weighted by molar-refractivity contribution is 5.80. The van der Waals surface area contributed by atoms with Crippen molar-refractivity contribution in [3.63, 3.8) is 0 Å². The van der Waals surface area contributed by atoms with E-state index in [9.17, 15) is 0 Å². The molecule has 2 aromatic heterocycles. The molecule has 0 aliphatic carbocycles. The molecule has 6 nitrogen and oxygen atoms in total. The molecule has 0 amide bonds. The molecule has 0 saturated heterocycles. The van der Waals surface area contributed by atoms with Crippen LogP contribution in [-0.4, -0.2) is 26.5 Å². The maximum atomic E-state index is 5.90. The van der Waals surface area contributed by atoms with E-state index in [2.05, 4.69) is 37.4 Å². The van der Waals surface area contributed by atoms with E-state index in [0.717, 1.165) is 37.1 Å². The average molecular weight is 310 g/mol. The molecule has 0 aliphatic heterocycles. The second-order valence-electron chi connectivity index (χ2n) is 5.58. The van der Waals surface area contributed by atoms with E-state index in [1.807, 2.05) is 18.2 Å². The van der Waals surface area contributed by atoms with Gasteiger partial charge in [0.1, 0.15) is 11.3 Å². The lowest BCUT2D eigenvalue weighted by Gasteiger charge is -2.06. The SMILES string of the molecule is Nc1nc(CCCCCCNc2ccccc2)nc2nc[nH]c12. The molecular weight excluding hydrogens is 288 g/mol. The zero-order valence-electron chi connectivity index (χ0n) is 13.1. The first kappa shape index (κ1) is 15.3. The Morgan fingerprint density at radius 1 is 1.00 bits per heavy atom. The number of imidazole rings is 1. The second-order valence-corrected chi connectivity index (χ2v) is 5.58. The molecule has 0 fully saturated rings. The van der Waals surface area contributed by atoms with Crippen LogP contribution in [0.15, 0.2) is 36.7 Å². The Morgan fingerprint density at radius 2 is 1.83 bits per heavy atom. The van der Waals surface area contributed by atoms with Gasteiger partial charge in [-0.3, -0.25) is 0 Å². The third kappa shape index (κ3) is 4.18. The van der Waals surface area contributed by atoms with Crippen LogP contribution in [0.5, 0.6) is 0 Å². The van der Waals surface area contributed by atoms with E-state index < -0.39 is 0 Å². The van der Waals surface area contributed by atoms with Gasteiger partial charge in [-0.1, -0.05) is 31.0 Å². The van der Waals surface area contributed by atoms with Crippen molar-refractivity contribution in [1.29, 1.82) is 0 Å². The molecule has 3 aromatic rings. The summed E-state index contributed by atoms with van der Waals surface area (Å²) in [4.78, 5) is 15.8. The Bertz CT molecular complexity index is 737. The van der Waals surface area contributed by atoms with Crippen LogP contribution < -0.4 is 11.1 Å². The lowest BCUT2D eigenvalue weighted by molar-refractivity contribution is 0.643. The van der Waals surface area contributed by atoms with Crippen LogP contribution in [0.1, 0.15) is 31.5 Å². The summed E-state index contributed by atoms with van der Waals surface area (Å²) in [6.45, 7) is 1.01. The van der Waals surface area contributed by atoms with Gasteiger partial charge in [-0.15, -0.1) is 0 Å². The summed E-state index contributed by atoms with van der Waals surface area (Å²) in [5.41, 5.74) is 8.46. The minimum Gasteiger partial charge on any atom is -0.385 e. The fourth-order valence-electron chi connectivity index (χ4n) is 2.56. The molecule has 1 aromatic carbocycles. The predicted molar refractivity (Wildman–Crippen MR) is 93.2 cm³/mol. The van der Waals surface area contributed by atoms with Gasteiger partial charge >= 0.3 is 0 Å². The summed E-state index contributed by atoms with van der Waals surface area (Å²) in [7, 11) is 0. The zero-order valence-corrected chi connectivity index (χ0v) is 13.1. The summed E-state index contributed by atoms with van der Waals surface area (Å²) in [6, 6.07) is 10.3. The van der Waals surface area contributed by atoms with E-state index in [1.54, 1.807) is 6.33 Å². The fourth-order valence-corrected chi connectivity index (χ4v) is 2.56. The Kier molecular flexibility index (Phi) is 5.03. The molecule has 0 radical (unpaired) electrons. The number of fused-ring (bicyclic) bond motifs is 1. The monoisotopic (exact) mass is 310 g/mol. The number of benzene rings is 1. The van der Waals surface area contributed by atoms with E-state index in [-0.39, 0.29) is 0 Å². The third-order valence-electron chi connectivity index (χ3n) is 3.79. The molecule has 0 spiro atoms. The zero-order chi connectivity index (χ0) is 15.9. The molecule has 0 atom stereocenters. The molecule has 23 heavy (non-hydrogen) atoms. The minimum absolute atomic E-state index is 0.481. The number of H-pyrrole nitrogens is 1. The van der Waals surface area contributed by atoms with E-state index >= 15 is 0 Å². The summed E-state index contributed by atoms with van der Waals surface area (Å²) in [6.07, 6.45) is 7.04. The number of unbranched alkanes of at least 4 members (excludes halogenated alkanes) is 3. The molecule has 120 valence electrons. The maximum absolute atomic E-state index is 5.90. The van der Waals surface area contributed by atoms with Crippen LogP contribution in [0.25, 0.3) is 11.2 Å². The fraction of sp³-hybridized carbons (Fsp3) is 0.353.